The summed E-state index contributed by atoms with van der Waals surface area (Å²) < 4.78 is 13.8. The molecule has 0 saturated carbocycles. The molecule has 0 aliphatic heterocycles. The van der Waals surface area contributed by atoms with Crippen molar-refractivity contribution in [1.29, 1.82) is 5.26 Å². The Balaban J connectivity index is 0.00000312. The van der Waals surface area contributed by atoms with Crippen molar-refractivity contribution in [3.05, 3.63) is 70.0 Å². The van der Waals surface area contributed by atoms with Crippen LogP contribution in [0.5, 0.6) is 0 Å². The zero-order chi connectivity index (χ0) is 17.5. The van der Waals surface area contributed by atoms with Crippen LogP contribution in [0, 0.1) is 17.1 Å². The summed E-state index contributed by atoms with van der Waals surface area (Å²) in [4.78, 5) is 4.14. The van der Waals surface area contributed by atoms with E-state index in [-0.39, 0.29) is 42.4 Å². The number of aliphatic imine (C=N–C) groups is 1. The molecular weight excluding hydrogens is 454 g/mol. The fourth-order valence-electron chi connectivity index (χ4n) is 2.19. The van der Waals surface area contributed by atoms with E-state index in [2.05, 4.69) is 15.6 Å². The lowest BCUT2D eigenvalue weighted by molar-refractivity contribution is 0.602. The van der Waals surface area contributed by atoms with Crippen LogP contribution in [0.15, 0.2) is 47.5 Å². The van der Waals surface area contributed by atoms with Crippen molar-refractivity contribution >= 4 is 41.5 Å². The Morgan fingerprint density at radius 1 is 1.28 bits per heavy atom. The molecule has 0 aliphatic rings. The summed E-state index contributed by atoms with van der Waals surface area (Å²) in [5.74, 6) is 0.182. The summed E-state index contributed by atoms with van der Waals surface area (Å²) in [6, 6.07) is 13.8. The van der Waals surface area contributed by atoms with Gasteiger partial charge in [0.05, 0.1) is 17.7 Å². The SMILES string of the molecule is CN=C(NCc1cc(C#N)ccc1F)NC(C)c1ccc(Cl)cc1.I. The lowest BCUT2D eigenvalue weighted by Crippen LogP contribution is -2.38. The van der Waals surface area contributed by atoms with Gasteiger partial charge >= 0.3 is 0 Å². The highest BCUT2D eigenvalue weighted by Crippen LogP contribution is 2.16. The van der Waals surface area contributed by atoms with E-state index in [9.17, 15) is 4.39 Å². The highest BCUT2D eigenvalue weighted by molar-refractivity contribution is 14.0. The maximum atomic E-state index is 13.8. The largest absolute Gasteiger partial charge is 0.352 e. The smallest absolute Gasteiger partial charge is 0.191 e. The highest BCUT2D eigenvalue weighted by atomic mass is 127. The average Bonchev–Trinajstić information content (AvgIpc) is 2.60. The topological polar surface area (TPSA) is 60.2 Å². The van der Waals surface area contributed by atoms with Crippen molar-refractivity contribution in [2.24, 2.45) is 4.99 Å². The van der Waals surface area contributed by atoms with Gasteiger partial charge in [-0.05, 0) is 42.8 Å². The quantitative estimate of drug-likeness (QED) is 0.394. The molecule has 0 bridgehead atoms. The summed E-state index contributed by atoms with van der Waals surface area (Å²) in [6.45, 7) is 2.22. The lowest BCUT2D eigenvalue weighted by atomic mass is 10.1. The fraction of sp³-hybridized carbons (Fsp3) is 0.222. The van der Waals surface area contributed by atoms with E-state index >= 15 is 0 Å². The third-order valence-electron chi connectivity index (χ3n) is 3.57. The molecule has 0 fully saturated rings. The predicted molar refractivity (Wildman–Crippen MR) is 110 cm³/mol. The van der Waals surface area contributed by atoms with Gasteiger partial charge in [0, 0.05) is 24.2 Å². The first-order valence-electron chi connectivity index (χ1n) is 7.44. The number of nitriles is 1. The summed E-state index contributed by atoms with van der Waals surface area (Å²) in [5, 5.41) is 15.9. The first kappa shape index (κ1) is 21.2. The van der Waals surface area contributed by atoms with Gasteiger partial charge in [-0.1, -0.05) is 23.7 Å². The third-order valence-corrected chi connectivity index (χ3v) is 3.82. The van der Waals surface area contributed by atoms with Crippen LogP contribution in [0.4, 0.5) is 4.39 Å². The Morgan fingerprint density at radius 3 is 2.56 bits per heavy atom. The second kappa shape index (κ2) is 10.2. The van der Waals surface area contributed by atoms with Gasteiger partial charge in [0.25, 0.3) is 0 Å². The van der Waals surface area contributed by atoms with Gasteiger partial charge in [-0.2, -0.15) is 5.26 Å². The molecule has 132 valence electrons. The molecule has 1 unspecified atom stereocenters. The Hall–Kier alpha value is -1.85. The number of hydrogen-bond donors (Lipinski definition) is 2. The lowest BCUT2D eigenvalue weighted by Gasteiger charge is -2.18. The number of hydrogen-bond acceptors (Lipinski definition) is 2. The van der Waals surface area contributed by atoms with Gasteiger partial charge in [0.15, 0.2) is 5.96 Å². The van der Waals surface area contributed by atoms with Gasteiger partial charge in [-0.15, -0.1) is 24.0 Å². The number of halogens is 3. The van der Waals surface area contributed by atoms with E-state index in [0.29, 0.717) is 22.1 Å². The van der Waals surface area contributed by atoms with E-state index in [0.717, 1.165) is 5.56 Å². The maximum absolute atomic E-state index is 13.8. The first-order valence-corrected chi connectivity index (χ1v) is 7.82. The van der Waals surface area contributed by atoms with Gasteiger partial charge < -0.3 is 10.6 Å². The van der Waals surface area contributed by atoms with E-state index in [4.69, 9.17) is 16.9 Å². The Kier molecular flexibility index (Phi) is 8.66. The molecule has 0 aromatic heterocycles. The van der Waals surface area contributed by atoms with E-state index in [1.54, 1.807) is 7.05 Å². The third kappa shape index (κ3) is 6.18. The van der Waals surface area contributed by atoms with Crippen LogP contribution in [0.1, 0.15) is 29.7 Å². The minimum absolute atomic E-state index is 0. The maximum Gasteiger partial charge on any atom is 0.191 e. The van der Waals surface area contributed by atoms with Crippen LogP contribution in [-0.4, -0.2) is 13.0 Å². The van der Waals surface area contributed by atoms with Gasteiger partial charge in [0.1, 0.15) is 5.82 Å². The summed E-state index contributed by atoms with van der Waals surface area (Å²) in [5.41, 5.74) is 1.89. The molecule has 7 heteroatoms. The normalized spacial score (nSPS) is 11.9. The Bertz CT molecular complexity index is 772. The zero-order valence-electron chi connectivity index (χ0n) is 13.9. The summed E-state index contributed by atoms with van der Waals surface area (Å²) in [7, 11) is 1.64. The van der Waals surface area contributed by atoms with Gasteiger partial charge in [-0.3, -0.25) is 4.99 Å². The number of guanidine groups is 1. The minimum Gasteiger partial charge on any atom is -0.352 e. The number of rotatable bonds is 4. The molecule has 25 heavy (non-hydrogen) atoms. The van der Waals surface area contributed by atoms with Crippen LogP contribution >= 0.6 is 35.6 Å². The number of nitrogens with zero attached hydrogens (tertiary/aromatic N) is 2. The minimum atomic E-state index is -0.359. The Labute approximate surface area is 169 Å². The summed E-state index contributed by atoms with van der Waals surface area (Å²) in [6.07, 6.45) is 0. The summed E-state index contributed by atoms with van der Waals surface area (Å²) >= 11 is 5.89. The molecule has 2 rings (SSSR count). The van der Waals surface area contributed by atoms with Gasteiger partial charge in [0.2, 0.25) is 0 Å². The molecule has 1 atom stereocenters. The molecule has 2 aromatic carbocycles. The predicted octanol–water partition coefficient (Wildman–Crippen LogP) is 4.39. The zero-order valence-corrected chi connectivity index (χ0v) is 17.0. The molecule has 0 heterocycles. The molecule has 0 aliphatic carbocycles. The average molecular weight is 473 g/mol. The van der Waals surface area contributed by atoms with Gasteiger partial charge in [-0.25, -0.2) is 4.39 Å². The van der Waals surface area contributed by atoms with Crippen molar-refractivity contribution < 1.29 is 4.39 Å². The van der Waals surface area contributed by atoms with Crippen LogP contribution in [0.3, 0.4) is 0 Å². The van der Waals surface area contributed by atoms with Crippen LogP contribution in [0.2, 0.25) is 5.02 Å². The highest BCUT2D eigenvalue weighted by Gasteiger charge is 2.09. The molecule has 2 N–H and O–H groups in total. The van der Waals surface area contributed by atoms with E-state index in [1.165, 1.54) is 18.2 Å². The van der Waals surface area contributed by atoms with Crippen LogP contribution in [0.25, 0.3) is 0 Å². The van der Waals surface area contributed by atoms with Crippen molar-refractivity contribution in [1.82, 2.24) is 10.6 Å². The van der Waals surface area contributed by atoms with E-state index in [1.807, 2.05) is 37.3 Å². The van der Waals surface area contributed by atoms with Crippen molar-refractivity contribution in [2.75, 3.05) is 7.05 Å². The molecule has 4 nitrogen and oxygen atoms in total. The number of benzene rings is 2. The van der Waals surface area contributed by atoms with Crippen LogP contribution < -0.4 is 10.6 Å². The van der Waals surface area contributed by atoms with E-state index < -0.39 is 0 Å². The molecule has 2 aromatic rings. The fourth-order valence-corrected chi connectivity index (χ4v) is 2.32. The molecule has 0 amide bonds. The molecular formula is C18H19ClFIN4. The second-order valence-corrected chi connectivity index (χ2v) is 5.70. The number of nitrogens with one attached hydrogen (secondary N) is 2. The van der Waals surface area contributed by atoms with Crippen LogP contribution in [-0.2, 0) is 6.54 Å². The monoisotopic (exact) mass is 472 g/mol. The molecule has 0 radical (unpaired) electrons. The van der Waals surface area contributed by atoms with Crippen molar-refractivity contribution in [3.63, 3.8) is 0 Å². The molecule has 0 spiro atoms. The second-order valence-electron chi connectivity index (χ2n) is 5.26. The Morgan fingerprint density at radius 2 is 1.96 bits per heavy atom. The standard InChI is InChI=1S/C18H18ClFN4.HI/c1-12(14-4-6-16(19)7-5-14)24-18(22-2)23-11-15-9-13(10-21)3-8-17(15)20;/h3-9,12H,11H2,1-2H3,(H2,22,23,24);1H. The van der Waals surface area contributed by atoms with Crippen molar-refractivity contribution in [2.45, 2.75) is 19.5 Å². The van der Waals surface area contributed by atoms with Crippen molar-refractivity contribution in [3.8, 4) is 6.07 Å². The molecule has 0 saturated heterocycles. The first-order chi connectivity index (χ1) is 11.5.